The van der Waals surface area contributed by atoms with Crippen LogP contribution in [0.5, 0.6) is 0 Å². The molecule has 132 valence electrons. The molecule has 0 aliphatic carbocycles. The van der Waals surface area contributed by atoms with Gasteiger partial charge in [0.25, 0.3) is 0 Å². The van der Waals surface area contributed by atoms with Crippen molar-refractivity contribution < 1.29 is 24.2 Å². The molecule has 0 radical (unpaired) electrons. The summed E-state index contributed by atoms with van der Waals surface area (Å²) in [6, 6.07) is 9.54. The third-order valence-corrected chi connectivity index (χ3v) is 4.16. The fraction of sp³-hybridized carbons (Fsp3) is 0.556. The van der Waals surface area contributed by atoms with Crippen molar-refractivity contribution in [1.29, 1.82) is 0 Å². The van der Waals surface area contributed by atoms with Crippen LogP contribution < -0.4 is 0 Å². The van der Waals surface area contributed by atoms with E-state index in [1.165, 1.54) is 7.11 Å². The van der Waals surface area contributed by atoms with Gasteiger partial charge in [0, 0.05) is 12.6 Å². The number of hydrogen-bond acceptors (Lipinski definition) is 5. The van der Waals surface area contributed by atoms with Crippen LogP contribution in [0, 0.1) is 0 Å². The van der Waals surface area contributed by atoms with Crippen LogP contribution in [-0.4, -0.2) is 54.3 Å². The molecule has 1 aromatic carbocycles. The Labute approximate surface area is 142 Å². The minimum absolute atomic E-state index is 0.00641. The summed E-state index contributed by atoms with van der Waals surface area (Å²) in [4.78, 5) is 25.4. The molecule has 1 aromatic rings. The van der Waals surface area contributed by atoms with E-state index in [2.05, 4.69) is 4.74 Å². The molecule has 0 unspecified atom stereocenters. The highest BCUT2D eigenvalue weighted by atomic mass is 16.5. The molecule has 2 atom stereocenters. The fourth-order valence-corrected chi connectivity index (χ4v) is 2.92. The lowest BCUT2D eigenvalue weighted by Crippen LogP contribution is -2.39. The number of likely N-dealkylation sites (tertiary alicyclic amines) is 1. The van der Waals surface area contributed by atoms with Gasteiger partial charge in [0.1, 0.15) is 0 Å². The highest BCUT2D eigenvalue weighted by molar-refractivity contribution is 5.78. The molecule has 1 fully saturated rings. The molecule has 1 aliphatic rings. The van der Waals surface area contributed by atoms with Gasteiger partial charge in [0.15, 0.2) is 0 Å². The van der Waals surface area contributed by atoms with Crippen LogP contribution in [0.1, 0.15) is 31.2 Å². The number of carbonyl (C=O) groups excluding carboxylic acids is 2. The molecule has 0 aromatic heterocycles. The second kappa shape index (κ2) is 9.39. The Hall–Kier alpha value is -1.92. The van der Waals surface area contributed by atoms with Gasteiger partial charge >= 0.3 is 5.97 Å². The Morgan fingerprint density at radius 3 is 2.79 bits per heavy atom. The lowest BCUT2D eigenvalue weighted by atomic mass is 10.1. The van der Waals surface area contributed by atoms with E-state index in [1.807, 2.05) is 30.3 Å². The number of benzene rings is 1. The monoisotopic (exact) mass is 335 g/mol. The zero-order chi connectivity index (χ0) is 17.4. The second-order valence-corrected chi connectivity index (χ2v) is 6.02. The molecule has 6 nitrogen and oxygen atoms in total. The van der Waals surface area contributed by atoms with E-state index < -0.39 is 6.10 Å². The van der Waals surface area contributed by atoms with Crippen LogP contribution in [0.2, 0.25) is 0 Å². The lowest BCUT2D eigenvalue weighted by molar-refractivity contribution is -0.143. The highest BCUT2D eigenvalue weighted by Gasteiger charge is 2.31. The first-order valence-electron chi connectivity index (χ1n) is 8.26. The molecule has 0 bridgehead atoms. The number of methoxy groups -OCH3 is 1. The van der Waals surface area contributed by atoms with Gasteiger partial charge in [-0.2, -0.15) is 0 Å². The Kier molecular flexibility index (Phi) is 7.21. The Bertz CT molecular complexity index is 533. The molecule has 6 heteroatoms. The summed E-state index contributed by atoms with van der Waals surface area (Å²) >= 11 is 0. The van der Waals surface area contributed by atoms with Crippen LogP contribution in [-0.2, 0) is 25.7 Å². The predicted octanol–water partition coefficient (Wildman–Crippen LogP) is 1.51. The number of carbonyl (C=O) groups is 2. The normalized spacial score (nSPS) is 18.4. The average Bonchev–Trinajstić information content (AvgIpc) is 3.04. The quantitative estimate of drug-likeness (QED) is 0.729. The minimum Gasteiger partial charge on any atom is -0.469 e. The van der Waals surface area contributed by atoms with E-state index >= 15 is 0 Å². The second-order valence-electron chi connectivity index (χ2n) is 6.02. The molecule has 1 amide bonds. The van der Waals surface area contributed by atoms with Crippen molar-refractivity contribution in [1.82, 2.24) is 4.90 Å². The molecule has 1 N–H and O–H groups in total. The lowest BCUT2D eigenvalue weighted by Gasteiger charge is -2.25. The third-order valence-electron chi connectivity index (χ3n) is 4.16. The topological polar surface area (TPSA) is 76.1 Å². The number of rotatable bonds is 8. The van der Waals surface area contributed by atoms with Crippen LogP contribution in [0.25, 0.3) is 0 Å². The molecular weight excluding hydrogens is 310 g/mol. The van der Waals surface area contributed by atoms with E-state index in [0.717, 1.165) is 18.4 Å². The number of nitrogens with zero attached hydrogens (tertiary/aromatic N) is 1. The zero-order valence-electron chi connectivity index (χ0n) is 14.0. The van der Waals surface area contributed by atoms with Gasteiger partial charge in [0.05, 0.1) is 39.3 Å². The summed E-state index contributed by atoms with van der Waals surface area (Å²) in [5, 5.41) is 10.0. The largest absolute Gasteiger partial charge is 0.469 e. The van der Waals surface area contributed by atoms with Gasteiger partial charge in [-0.1, -0.05) is 30.3 Å². The summed E-state index contributed by atoms with van der Waals surface area (Å²) in [5.74, 6) is -0.455. The molecule has 1 aliphatic heterocycles. The molecule has 1 saturated heterocycles. The van der Waals surface area contributed by atoms with Gasteiger partial charge < -0.3 is 19.5 Å². The third kappa shape index (κ3) is 5.62. The SMILES string of the molecule is COC(=O)C[C@H]1CCCN1C(=O)C[C@H](O)COCc1ccccc1. The molecule has 24 heavy (non-hydrogen) atoms. The van der Waals surface area contributed by atoms with Crippen molar-refractivity contribution in [2.75, 3.05) is 20.3 Å². The highest BCUT2D eigenvalue weighted by Crippen LogP contribution is 2.21. The summed E-state index contributed by atoms with van der Waals surface area (Å²) < 4.78 is 10.1. The smallest absolute Gasteiger partial charge is 0.307 e. The van der Waals surface area contributed by atoms with E-state index in [9.17, 15) is 14.7 Å². The number of aliphatic hydroxyl groups excluding tert-OH is 1. The van der Waals surface area contributed by atoms with Gasteiger partial charge in [-0.25, -0.2) is 0 Å². The van der Waals surface area contributed by atoms with E-state index in [4.69, 9.17) is 4.74 Å². The standard InChI is InChI=1S/C18H25NO5/c1-23-18(22)10-15-8-5-9-19(15)17(21)11-16(20)13-24-12-14-6-3-2-4-7-14/h2-4,6-7,15-16,20H,5,8-13H2,1H3/t15-,16+/m1/s1. The first kappa shape index (κ1) is 18.4. The summed E-state index contributed by atoms with van der Waals surface area (Å²) in [7, 11) is 1.34. The summed E-state index contributed by atoms with van der Waals surface area (Å²) in [5.41, 5.74) is 1.02. The van der Waals surface area contributed by atoms with Crippen molar-refractivity contribution in [2.45, 2.75) is 44.4 Å². The van der Waals surface area contributed by atoms with Gasteiger partial charge in [-0.15, -0.1) is 0 Å². The molecule has 1 heterocycles. The van der Waals surface area contributed by atoms with Crippen LogP contribution >= 0.6 is 0 Å². The van der Waals surface area contributed by atoms with Gasteiger partial charge in [-0.3, -0.25) is 9.59 Å². The molecule has 2 rings (SSSR count). The molecular formula is C18H25NO5. The number of hydrogen-bond donors (Lipinski definition) is 1. The maximum absolute atomic E-state index is 12.3. The molecule has 0 saturated carbocycles. The Morgan fingerprint density at radius 2 is 2.08 bits per heavy atom. The first-order chi connectivity index (χ1) is 11.6. The number of amides is 1. The van der Waals surface area contributed by atoms with Crippen LogP contribution in [0.4, 0.5) is 0 Å². The Morgan fingerprint density at radius 1 is 1.33 bits per heavy atom. The van der Waals surface area contributed by atoms with Gasteiger partial charge in [-0.05, 0) is 18.4 Å². The maximum Gasteiger partial charge on any atom is 0.307 e. The fourth-order valence-electron chi connectivity index (χ4n) is 2.92. The van der Waals surface area contributed by atoms with Crippen molar-refractivity contribution >= 4 is 11.9 Å². The van der Waals surface area contributed by atoms with E-state index in [0.29, 0.717) is 13.2 Å². The minimum atomic E-state index is -0.847. The number of ether oxygens (including phenoxy) is 2. The number of esters is 1. The average molecular weight is 335 g/mol. The predicted molar refractivity (Wildman–Crippen MR) is 88.1 cm³/mol. The number of aliphatic hydroxyl groups is 1. The first-order valence-corrected chi connectivity index (χ1v) is 8.26. The van der Waals surface area contributed by atoms with Crippen molar-refractivity contribution in [2.24, 2.45) is 0 Å². The maximum atomic E-state index is 12.3. The summed E-state index contributed by atoms with van der Waals surface area (Å²) in [6.07, 6.45) is 1.03. The zero-order valence-corrected chi connectivity index (χ0v) is 14.0. The van der Waals surface area contributed by atoms with Crippen molar-refractivity contribution in [3.8, 4) is 0 Å². The van der Waals surface area contributed by atoms with E-state index in [-0.39, 0.29) is 37.4 Å². The van der Waals surface area contributed by atoms with Gasteiger partial charge in [0.2, 0.25) is 5.91 Å². The van der Waals surface area contributed by atoms with E-state index in [1.54, 1.807) is 4.90 Å². The summed E-state index contributed by atoms with van der Waals surface area (Å²) in [6.45, 7) is 1.13. The van der Waals surface area contributed by atoms with Crippen molar-refractivity contribution in [3.63, 3.8) is 0 Å². The van der Waals surface area contributed by atoms with Crippen LogP contribution in [0.3, 0.4) is 0 Å². The molecule has 0 spiro atoms. The van der Waals surface area contributed by atoms with Crippen molar-refractivity contribution in [3.05, 3.63) is 35.9 Å². The Balaban J connectivity index is 1.73. The van der Waals surface area contributed by atoms with Crippen LogP contribution in [0.15, 0.2) is 30.3 Å².